The summed E-state index contributed by atoms with van der Waals surface area (Å²) in [5, 5.41) is 0. The Balaban J connectivity index is 0.000000371. The number of piperidine rings is 1. The molecule has 0 radical (unpaired) electrons. The first-order valence-corrected chi connectivity index (χ1v) is 23.2. The number of hydrogen-bond donors (Lipinski definition) is 2. The van der Waals surface area contributed by atoms with Crippen molar-refractivity contribution in [2.45, 2.75) is 38.1 Å². The average Bonchev–Trinajstić information content (AvgIpc) is 3.79. The molecule has 2 aliphatic rings. The van der Waals surface area contributed by atoms with Crippen LogP contribution in [0.1, 0.15) is 12.8 Å². The van der Waals surface area contributed by atoms with E-state index in [1.807, 2.05) is 0 Å². The molecule has 0 bridgehead atoms. The molecule has 0 atom stereocenters. The lowest BCUT2D eigenvalue weighted by Gasteiger charge is -2.42. The predicted octanol–water partition coefficient (Wildman–Crippen LogP) is 1.85. The number of benzene rings is 2. The molecule has 2 heterocycles. The summed E-state index contributed by atoms with van der Waals surface area (Å²) in [6, 6.07) is 12.1. The first kappa shape index (κ1) is 55.5. The first-order valence-electron chi connectivity index (χ1n) is 18.8. The van der Waals surface area contributed by atoms with Gasteiger partial charge in [0.05, 0.1) is 40.5 Å². The van der Waals surface area contributed by atoms with Crippen LogP contribution in [0.25, 0.3) is 0 Å². The fourth-order valence-electron chi connectivity index (χ4n) is 5.08. The van der Waals surface area contributed by atoms with E-state index in [-0.39, 0.29) is 48.9 Å². The van der Waals surface area contributed by atoms with Crippen molar-refractivity contribution in [3.63, 3.8) is 0 Å². The quantitative estimate of drug-likeness (QED) is 0.153. The maximum Gasteiger partial charge on any atom is 0.245 e. The van der Waals surface area contributed by atoms with Gasteiger partial charge in [0, 0.05) is 137 Å². The fraction of sp³-hybridized carbons (Fsp3) is 0.132. The highest BCUT2D eigenvalue weighted by Crippen LogP contribution is 2.39. The molecule has 4 N–H and O–H groups in total. The smallest absolute Gasteiger partial charge is 0.245 e. The standard InChI is InChI=1S/C34H2.C19H24N4O9S4/c1-3-5-7-9-11-13-15-17-19-21-23-25-27-29-31-33-34-32-30-28-26-24-22-20-18-16-14-12-10-8-6-4-2;20-29-31-33-15-1-5-17(6-2-15)35(24,25)22-11-9-19(10-12-22)23(13-14-28-19)36(26,27)18-7-3-16(4-8-18)34-32-30-21/h1-2H;1-8H,9-14,20-21H2. The van der Waals surface area contributed by atoms with Crippen LogP contribution in [0.5, 0.6) is 0 Å². The van der Waals surface area contributed by atoms with E-state index in [1.54, 1.807) is 24.3 Å². The van der Waals surface area contributed by atoms with Gasteiger partial charge in [-0.1, -0.05) is 0 Å². The van der Waals surface area contributed by atoms with Crippen LogP contribution in [0.15, 0.2) is 68.1 Å². The zero-order chi connectivity index (χ0) is 50.4. The first-order chi connectivity index (χ1) is 34.1. The van der Waals surface area contributed by atoms with Crippen molar-refractivity contribution in [1.29, 1.82) is 0 Å². The van der Waals surface area contributed by atoms with Crippen molar-refractivity contribution in [2.75, 3.05) is 26.2 Å². The van der Waals surface area contributed by atoms with E-state index in [2.05, 4.69) is 208 Å². The zero-order valence-corrected chi connectivity index (χ0v) is 39.1. The van der Waals surface area contributed by atoms with Crippen LogP contribution in [0.4, 0.5) is 0 Å². The van der Waals surface area contributed by atoms with Gasteiger partial charge in [-0.2, -0.15) is 20.4 Å². The second-order valence-corrected chi connectivity index (χ2v) is 17.1. The van der Waals surface area contributed by atoms with Gasteiger partial charge in [-0.3, -0.25) is 0 Å². The van der Waals surface area contributed by atoms with Gasteiger partial charge in [0.25, 0.3) is 0 Å². The number of rotatable bonds is 10. The molecular weight excluding hydrogens is 965 g/mol. The maximum atomic E-state index is 13.4. The molecule has 2 aromatic carbocycles. The van der Waals surface area contributed by atoms with Gasteiger partial charge in [0.15, 0.2) is 0 Å². The van der Waals surface area contributed by atoms with Crippen molar-refractivity contribution in [1.82, 2.24) is 8.61 Å². The number of nitrogens with zero attached hydrogens (tertiary/aromatic N) is 2. The summed E-state index contributed by atoms with van der Waals surface area (Å²) < 4.78 is 70.9. The van der Waals surface area contributed by atoms with E-state index in [4.69, 9.17) is 29.4 Å². The van der Waals surface area contributed by atoms with E-state index < -0.39 is 25.8 Å². The molecule has 0 amide bonds. The Morgan fingerprint density at radius 3 is 1.03 bits per heavy atom. The summed E-state index contributed by atoms with van der Waals surface area (Å²) in [4.78, 5) is 9.45. The third-order valence-corrected chi connectivity index (χ3v) is 12.9. The Labute approximate surface area is 417 Å². The Morgan fingerprint density at radius 1 is 0.457 bits per heavy atom. The molecule has 2 aliphatic heterocycles. The van der Waals surface area contributed by atoms with Gasteiger partial charge >= 0.3 is 0 Å². The number of sulfonamides is 2. The fourth-order valence-corrected chi connectivity index (χ4v) is 8.97. The van der Waals surface area contributed by atoms with Crippen LogP contribution >= 0.6 is 24.1 Å². The molecule has 13 nitrogen and oxygen atoms in total. The maximum absolute atomic E-state index is 13.4. The van der Waals surface area contributed by atoms with E-state index in [1.165, 1.54) is 32.9 Å². The SMILES string of the molecule is C#CC#CC#CC#CC#CC#CC#CC#CC#CC#CC#CC#CC#CC#CC#CC#CC#C.NOOSc1ccc(S(=O)(=O)N2CCC3(CC2)OCCN3S(=O)(=O)c2ccc(SOON)cc2)cc1. The van der Waals surface area contributed by atoms with Crippen molar-refractivity contribution in [3.8, 4) is 202 Å². The van der Waals surface area contributed by atoms with E-state index >= 15 is 0 Å². The largest absolute Gasteiger partial charge is 0.358 e. The third-order valence-electron chi connectivity index (χ3n) is 7.79. The van der Waals surface area contributed by atoms with Crippen LogP contribution in [0.3, 0.4) is 0 Å². The monoisotopic (exact) mass is 990 g/mol. The van der Waals surface area contributed by atoms with Crippen LogP contribution in [0, 0.1) is 202 Å². The van der Waals surface area contributed by atoms with Gasteiger partial charge in [-0.25, -0.2) is 16.8 Å². The normalized spacial score (nSPS) is 11.7. The second-order valence-electron chi connectivity index (χ2n) is 11.8. The molecule has 70 heavy (non-hydrogen) atoms. The number of ether oxygens (including phenoxy) is 1. The van der Waals surface area contributed by atoms with E-state index in [9.17, 15) is 16.8 Å². The van der Waals surface area contributed by atoms with Gasteiger partial charge in [0.1, 0.15) is 5.72 Å². The summed E-state index contributed by atoms with van der Waals surface area (Å²) in [7, 11) is -7.69. The van der Waals surface area contributed by atoms with Crippen molar-refractivity contribution in [3.05, 3.63) is 48.5 Å². The highest BCUT2D eigenvalue weighted by molar-refractivity contribution is 7.94. The predicted molar refractivity (Wildman–Crippen MR) is 262 cm³/mol. The number of hydrogen-bond acceptors (Lipinski definition) is 13. The van der Waals surface area contributed by atoms with Gasteiger partial charge in [-0.05, 0) is 143 Å². The molecule has 1 spiro atoms. The average molecular weight is 991 g/mol. The lowest BCUT2D eigenvalue weighted by atomic mass is 10.0. The molecule has 4 rings (SSSR count). The molecule has 2 fully saturated rings. The molecule has 0 unspecified atom stereocenters. The summed E-state index contributed by atoms with van der Waals surface area (Å²) in [6.45, 7) is 0.584. The molecule has 336 valence electrons. The Bertz CT molecular complexity index is 3470. The lowest BCUT2D eigenvalue weighted by molar-refractivity contribution is -0.195. The third kappa shape index (κ3) is 20.4. The Hall–Kier alpha value is -8.80. The van der Waals surface area contributed by atoms with Crippen molar-refractivity contribution < 1.29 is 40.2 Å². The van der Waals surface area contributed by atoms with E-state index in [0.717, 1.165) is 24.1 Å². The van der Waals surface area contributed by atoms with Crippen LogP contribution in [0.2, 0.25) is 0 Å². The summed E-state index contributed by atoms with van der Waals surface area (Å²) in [6.07, 6.45) is 10.2. The second kappa shape index (κ2) is 32.8. The van der Waals surface area contributed by atoms with Crippen LogP contribution < -0.4 is 11.8 Å². The molecule has 0 aromatic heterocycles. The molecule has 2 saturated heterocycles. The topological polar surface area (TPSA) is 173 Å². The minimum absolute atomic E-state index is 0.0856. The number of terminal acetylenes is 2. The van der Waals surface area contributed by atoms with Crippen LogP contribution in [-0.2, 0) is 43.4 Å². The molecule has 0 saturated carbocycles. The van der Waals surface area contributed by atoms with Crippen LogP contribution in [-0.4, -0.2) is 57.4 Å². The highest BCUT2D eigenvalue weighted by atomic mass is 32.2. The Kier molecular flexibility index (Phi) is 26.0. The van der Waals surface area contributed by atoms with Crippen molar-refractivity contribution >= 4 is 44.1 Å². The van der Waals surface area contributed by atoms with Crippen molar-refractivity contribution in [2.24, 2.45) is 11.8 Å². The molecule has 0 aliphatic carbocycles. The summed E-state index contributed by atoms with van der Waals surface area (Å²) in [5.74, 6) is 87.8. The molecule has 17 heteroatoms. The van der Waals surface area contributed by atoms with Gasteiger partial charge in [0.2, 0.25) is 20.0 Å². The summed E-state index contributed by atoms with van der Waals surface area (Å²) >= 11 is 1.68. The zero-order valence-electron chi connectivity index (χ0n) is 35.9. The van der Waals surface area contributed by atoms with E-state index in [0.29, 0.717) is 9.79 Å². The van der Waals surface area contributed by atoms with Gasteiger partial charge in [-0.15, -0.1) is 31.5 Å². The molecule has 2 aromatic rings. The van der Waals surface area contributed by atoms with Gasteiger partial charge < -0.3 is 4.74 Å². The lowest BCUT2D eigenvalue weighted by Crippen LogP contribution is -2.55. The highest BCUT2D eigenvalue weighted by Gasteiger charge is 2.51. The molecular formula is C53H26N4O9S4. The number of nitrogens with two attached hydrogens (primary N) is 2. The Morgan fingerprint density at radius 2 is 0.743 bits per heavy atom. The summed E-state index contributed by atoms with van der Waals surface area (Å²) in [5.41, 5.74) is -1.12. The minimum atomic E-state index is -3.90. The minimum Gasteiger partial charge on any atom is -0.358 e.